The molecule has 0 radical (unpaired) electrons. The summed E-state index contributed by atoms with van der Waals surface area (Å²) in [6.45, 7) is 0.733. The number of halogens is 1. The molecule has 1 atom stereocenters. The van der Waals surface area contributed by atoms with Crippen LogP contribution >= 0.6 is 15.9 Å². The molecule has 0 amide bonds. The molecular weight excluding hydrogens is 246 g/mol. The van der Waals surface area contributed by atoms with E-state index < -0.39 is 5.97 Å². The van der Waals surface area contributed by atoms with Crippen LogP contribution in [-0.2, 0) is 11.3 Å². The van der Waals surface area contributed by atoms with Gasteiger partial charge >= 0.3 is 0 Å². The molecule has 76 valence electrons. The minimum atomic E-state index is -1.01. The molecule has 0 bridgehead atoms. The van der Waals surface area contributed by atoms with Crippen LogP contribution in [0.25, 0.3) is 0 Å². The summed E-state index contributed by atoms with van der Waals surface area (Å²) in [7, 11) is 1.83. The van der Waals surface area contributed by atoms with Crippen LogP contribution in [0.3, 0.4) is 0 Å². The molecule has 1 N–H and O–H groups in total. The van der Waals surface area contributed by atoms with Crippen LogP contribution < -0.4 is 10.0 Å². The Bertz CT molecular complexity index is 310. The highest BCUT2D eigenvalue weighted by Gasteiger charge is 2.03. The highest BCUT2D eigenvalue weighted by atomic mass is 79.9. The van der Waals surface area contributed by atoms with Crippen molar-refractivity contribution in [2.45, 2.75) is 6.54 Å². The molecule has 0 aliphatic carbocycles. The Labute approximate surface area is 91.5 Å². The van der Waals surface area contributed by atoms with Gasteiger partial charge in [0.15, 0.2) is 0 Å². The average molecular weight is 258 g/mol. The van der Waals surface area contributed by atoms with Gasteiger partial charge in [0.25, 0.3) is 0 Å². The van der Waals surface area contributed by atoms with Crippen molar-refractivity contribution in [2.24, 2.45) is 0 Å². The lowest BCUT2D eigenvalue weighted by molar-refractivity contribution is -0.887. The topological polar surface area (TPSA) is 44.6 Å². The molecule has 1 unspecified atom stereocenters. The number of benzene rings is 1. The molecule has 0 spiro atoms. The highest BCUT2D eigenvalue weighted by molar-refractivity contribution is 9.10. The Hall–Kier alpha value is -0.870. The number of carbonyl (C=O) groups is 1. The number of hydrogen-bond acceptors (Lipinski definition) is 2. The summed E-state index contributed by atoms with van der Waals surface area (Å²) in [5, 5.41) is 10.3. The quantitative estimate of drug-likeness (QED) is 0.769. The second kappa shape index (κ2) is 5.12. The van der Waals surface area contributed by atoms with Crippen molar-refractivity contribution in [1.82, 2.24) is 0 Å². The van der Waals surface area contributed by atoms with E-state index in [1.807, 2.05) is 31.3 Å². The summed E-state index contributed by atoms with van der Waals surface area (Å²) < 4.78 is 1.03. The number of quaternary nitrogens is 1. The molecule has 1 aromatic carbocycles. The van der Waals surface area contributed by atoms with Gasteiger partial charge in [-0.15, -0.1) is 0 Å². The average Bonchev–Trinajstić information content (AvgIpc) is 2.07. The molecule has 1 aromatic rings. The van der Waals surface area contributed by atoms with Gasteiger partial charge < -0.3 is 14.8 Å². The molecule has 0 saturated carbocycles. The summed E-state index contributed by atoms with van der Waals surface area (Å²) in [5.41, 5.74) is 1.12. The van der Waals surface area contributed by atoms with Crippen LogP contribution in [0.5, 0.6) is 0 Å². The van der Waals surface area contributed by atoms with E-state index >= 15 is 0 Å². The second-order valence-electron chi connectivity index (χ2n) is 3.31. The second-order valence-corrected chi connectivity index (χ2v) is 4.22. The lowest BCUT2D eigenvalue weighted by Gasteiger charge is -2.14. The van der Waals surface area contributed by atoms with Gasteiger partial charge in [-0.25, -0.2) is 0 Å². The van der Waals surface area contributed by atoms with Crippen molar-refractivity contribution in [2.75, 3.05) is 13.6 Å². The number of carboxylic acids is 1. The van der Waals surface area contributed by atoms with Crippen LogP contribution in [0.2, 0.25) is 0 Å². The zero-order valence-electron chi connectivity index (χ0n) is 7.92. The normalized spacial score (nSPS) is 12.4. The monoisotopic (exact) mass is 257 g/mol. The van der Waals surface area contributed by atoms with Crippen LogP contribution in [-0.4, -0.2) is 19.6 Å². The van der Waals surface area contributed by atoms with Crippen molar-refractivity contribution in [3.63, 3.8) is 0 Å². The molecule has 1 rings (SSSR count). The van der Waals surface area contributed by atoms with Gasteiger partial charge in [0, 0.05) is 10.0 Å². The van der Waals surface area contributed by atoms with Crippen LogP contribution in [0.1, 0.15) is 5.56 Å². The molecule has 4 heteroatoms. The number of hydrogen-bond donors (Lipinski definition) is 1. The first-order chi connectivity index (χ1) is 6.58. The zero-order valence-corrected chi connectivity index (χ0v) is 9.50. The zero-order chi connectivity index (χ0) is 10.6. The highest BCUT2D eigenvalue weighted by Crippen LogP contribution is 2.09. The van der Waals surface area contributed by atoms with Crippen molar-refractivity contribution >= 4 is 21.9 Å². The Morgan fingerprint density at radius 3 is 2.50 bits per heavy atom. The van der Waals surface area contributed by atoms with E-state index in [4.69, 9.17) is 0 Å². The summed E-state index contributed by atoms with van der Waals surface area (Å²) in [4.78, 5) is 11.2. The predicted octanol–water partition coefficient (Wildman–Crippen LogP) is -0.786. The van der Waals surface area contributed by atoms with E-state index in [1.165, 1.54) is 0 Å². The Balaban J connectivity index is 2.51. The fourth-order valence-corrected chi connectivity index (χ4v) is 1.52. The first-order valence-electron chi connectivity index (χ1n) is 4.33. The molecule has 0 aromatic heterocycles. The van der Waals surface area contributed by atoms with Crippen molar-refractivity contribution in [3.8, 4) is 0 Å². The minimum Gasteiger partial charge on any atom is -0.544 e. The van der Waals surface area contributed by atoms with E-state index in [0.717, 1.165) is 14.9 Å². The van der Waals surface area contributed by atoms with Gasteiger partial charge in [0.2, 0.25) is 0 Å². The van der Waals surface area contributed by atoms with Crippen LogP contribution in [0.4, 0.5) is 0 Å². The molecule has 14 heavy (non-hydrogen) atoms. The minimum absolute atomic E-state index is 0.0378. The molecule has 0 aliphatic heterocycles. The van der Waals surface area contributed by atoms with Crippen LogP contribution in [0.15, 0.2) is 28.7 Å². The Kier molecular flexibility index (Phi) is 4.10. The van der Waals surface area contributed by atoms with Gasteiger partial charge in [0.05, 0.1) is 13.0 Å². The fraction of sp³-hybridized carbons (Fsp3) is 0.300. The molecule has 0 aliphatic rings. The molecule has 0 fully saturated rings. The van der Waals surface area contributed by atoms with Crippen molar-refractivity contribution < 1.29 is 14.8 Å². The molecule has 0 saturated heterocycles. The van der Waals surface area contributed by atoms with Gasteiger partial charge in [-0.1, -0.05) is 28.1 Å². The third kappa shape index (κ3) is 3.89. The predicted molar refractivity (Wildman–Crippen MR) is 54.6 cm³/mol. The number of likely N-dealkylation sites (N-methyl/N-ethyl adjacent to an activating group) is 1. The van der Waals surface area contributed by atoms with E-state index in [1.54, 1.807) is 0 Å². The number of nitrogens with one attached hydrogen (secondary N) is 1. The summed E-state index contributed by atoms with van der Waals surface area (Å²) >= 11 is 3.34. The van der Waals surface area contributed by atoms with Gasteiger partial charge in [0.1, 0.15) is 13.1 Å². The smallest absolute Gasteiger partial charge is 0.117 e. The van der Waals surface area contributed by atoms with Gasteiger partial charge in [-0.05, 0) is 12.1 Å². The molecule has 0 heterocycles. The largest absolute Gasteiger partial charge is 0.544 e. The summed E-state index contributed by atoms with van der Waals surface area (Å²) in [5.74, 6) is -1.01. The Morgan fingerprint density at radius 2 is 2.00 bits per heavy atom. The third-order valence-electron chi connectivity index (χ3n) is 1.87. The maximum absolute atomic E-state index is 10.3. The lowest BCUT2D eigenvalue weighted by atomic mass is 10.2. The lowest BCUT2D eigenvalue weighted by Crippen LogP contribution is -3.09. The number of carbonyl (C=O) groups excluding carboxylic acids is 1. The number of aliphatic carboxylic acids is 1. The standard InChI is InChI=1S/C10H12BrNO2/c1-12(7-10(13)14)6-8-2-4-9(11)5-3-8/h2-5H,6-7H2,1H3,(H,13,14). The summed E-state index contributed by atoms with van der Waals surface area (Å²) in [6.07, 6.45) is 0. The van der Waals surface area contributed by atoms with Gasteiger partial charge in [-0.2, -0.15) is 0 Å². The number of carboxylic acid groups (broad SMARTS) is 1. The SMILES string of the molecule is C[NH+](CC(=O)[O-])Cc1ccc(Br)cc1. The van der Waals surface area contributed by atoms with Crippen molar-refractivity contribution in [1.29, 1.82) is 0 Å². The first-order valence-corrected chi connectivity index (χ1v) is 5.13. The molecule has 3 nitrogen and oxygen atoms in total. The van der Waals surface area contributed by atoms with Gasteiger partial charge in [-0.3, -0.25) is 0 Å². The Morgan fingerprint density at radius 1 is 1.43 bits per heavy atom. The first kappa shape index (κ1) is 11.2. The van der Waals surface area contributed by atoms with E-state index in [2.05, 4.69) is 15.9 Å². The number of rotatable bonds is 4. The fourth-order valence-electron chi connectivity index (χ4n) is 1.26. The summed E-state index contributed by atoms with van der Waals surface area (Å²) in [6, 6.07) is 7.84. The maximum atomic E-state index is 10.3. The van der Waals surface area contributed by atoms with E-state index in [9.17, 15) is 9.90 Å². The van der Waals surface area contributed by atoms with E-state index in [-0.39, 0.29) is 6.54 Å². The molecular formula is C10H12BrNO2. The van der Waals surface area contributed by atoms with Crippen molar-refractivity contribution in [3.05, 3.63) is 34.3 Å². The maximum Gasteiger partial charge on any atom is 0.117 e. The van der Waals surface area contributed by atoms with E-state index in [0.29, 0.717) is 6.54 Å². The third-order valence-corrected chi connectivity index (χ3v) is 2.39. The van der Waals surface area contributed by atoms with Crippen LogP contribution in [0, 0.1) is 0 Å².